The molecule has 1 spiro atoms. The molecule has 5 aliphatic rings. The molecule has 2 N–H and O–H groups in total. The van der Waals surface area contributed by atoms with Crippen molar-refractivity contribution in [1.29, 1.82) is 0 Å². The van der Waals surface area contributed by atoms with E-state index in [0.717, 1.165) is 64.6 Å². The highest BCUT2D eigenvalue weighted by molar-refractivity contribution is 5.83. The third-order valence-electron chi connectivity index (χ3n) is 8.78. The fourth-order valence-corrected chi connectivity index (χ4v) is 6.15. The topological polar surface area (TPSA) is 102 Å². The molecular weight excluding hydrogens is 470 g/mol. The van der Waals surface area contributed by atoms with Crippen molar-refractivity contribution in [2.75, 3.05) is 39.4 Å². The molecule has 0 bridgehead atoms. The first-order chi connectivity index (χ1) is 17.7. The number of amides is 3. The lowest BCUT2D eigenvalue weighted by Gasteiger charge is -2.47. The van der Waals surface area contributed by atoms with Crippen LogP contribution in [0.1, 0.15) is 97.8 Å². The summed E-state index contributed by atoms with van der Waals surface area (Å²) < 4.78 is 11.6. The van der Waals surface area contributed by atoms with Crippen molar-refractivity contribution in [2.24, 2.45) is 23.0 Å². The van der Waals surface area contributed by atoms with Crippen LogP contribution in [0.25, 0.3) is 0 Å². The molecule has 8 heteroatoms. The van der Waals surface area contributed by atoms with Crippen LogP contribution in [0.4, 0.5) is 0 Å². The molecule has 5 fully saturated rings. The summed E-state index contributed by atoms with van der Waals surface area (Å²) in [7, 11) is 0. The maximum atomic E-state index is 12.1. The Morgan fingerprint density at radius 1 is 1.03 bits per heavy atom. The predicted octanol–water partition coefficient (Wildman–Crippen LogP) is 3.90. The van der Waals surface area contributed by atoms with Crippen molar-refractivity contribution >= 4 is 18.2 Å². The zero-order valence-electron chi connectivity index (χ0n) is 23.6. The van der Waals surface area contributed by atoms with E-state index in [0.29, 0.717) is 12.3 Å². The number of piperidine rings is 1. The average molecular weight is 522 g/mol. The minimum Gasteiger partial charge on any atom is -0.378 e. The van der Waals surface area contributed by atoms with Crippen molar-refractivity contribution < 1.29 is 23.9 Å². The predicted molar refractivity (Wildman–Crippen MR) is 144 cm³/mol. The Morgan fingerprint density at radius 2 is 1.62 bits per heavy atom. The first-order valence-electron chi connectivity index (χ1n) is 14.7. The third-order valence-corrected chi connectivity index (χ3v) is 8.78. The highest BCUT2D eigenvalue weighted by atomic mass is 16.5. The van der Waals surface area contributed by atoms with E-state index in [1.807, 2.05) is 16.7 Å². The van der Waals surface area contributed by atoms with Crippen LogP contribution >= 0.6 is 0 Å². The van der Waals surface area contributed by atoms with Gasteiger partial charge in [-0.15, -0.1) is 0 Å². The molecule has 3 saturated heterocycles. The smallest absolute Gasteiger partial charge is 0.226 e. The Hall–Kier alpha value is -1.67. The van der Waals surface area contributed by atoms with Crippen LogP contribution in [-0.4, -0.2) is 79.1 Å². The van der Waals surface area contributed by atoms with Crippen molar-refractivity contribution in [2.45, 2.75) is 110 Å². The van der Waals surface area contributed by atoms with Crippen LogP contribution in [0.2, 0.25) is 0 Å². The second-order valence-corrected chi connectivity index (χ2v) is 12.5. The molecule has 212 valence electrons. The largest absolute Gasteiger partial charge is 0.378 e. The molecule has 3 amide bonds. The molecule has 0 aromatic carbocycles. The van der Waals surface area contributed by atoms with Gasteiger partial charge in [-0.1, -0.05) is 33.1 Å². The number of carbonyl (C=O) groups is 3. The SMILES string of the molecule is CC(CC(=O)N1CCCCC1)OCC1CCCCC1.CC1(C)CC1C(=O)N1CC2(CCCO2)C1.NC=O. The number of ether oxygens (including phenoxy) is 2. The first kappa shape index (κ1) is 29.9. The Kier molecular flexibility index (Phi) is 11.2. The second kappa shape index (κ2) is 13.9. The normalized spacial score (nSPS) is 26.6. The van der Waals surface area contributed by atoms with Crippen LogP contribution in [0.3, 0.4) is 0 Å². The summed E-state index contributed by atoms with van der Waals surface area (Å²) in [5, 5.41) is 0. The Bertz CT molecular complexity index is 732. The maximum absolute atomic E-state index is 12.1. The van der Waals surface area contributed by atoms with Crippen LogP contribution in [0.15, 0.2) is 0 Å². The number of hydrogen-bond acceptors (Lipinski definition) is 5. The Balaban J connectivity index is 0.000000189. The van der Waals surface area contributed by atoms with Gasteiger partial charge in [0.1, 0.15) is 5.60 Å². The minimum atomic E-state index is 0.0642. The Morgan fingerprint density at radius 3 is 2.16 bits per heavy atom. The monoisotopic (exact) mass is 521 g/mol. The van der Waals surface area contributed by atoms with E-state index >= 15 is 0 Å². The highest BCUT2D eigenvalue weighted by Crippen LogP contribution is 2.53. The van der Waals surface area contributed by atoms with E-state index in [1.165, 1.54) is 51.4 Å². The summed E-state index contributed by atoms with van der Waals surface area (Å²) in [5.74, 6) is 1.68. The van der Waals surface area contributed by atoms with Gasteiger partial charge in [-0.05, 0) is 69.6 Å². The standard InChI is InChI=1S/C16H29NO2.C12H19NO2.CH3NO/c1-14(19-13-15-8-4-2-5-9-15)12-16(18)17-10-6-3-7-11-17;1-11(2)6-9(11)10(14)13-7-12(8-13)4-3-5-15-12;2-1-3/h14-15H,2-13H2,1H3;9H,3-8H2,1-2H3;1H,(H2,2,3). The summed E-state index contributed by atoms with van der Waals surface area (Å²) in [6, 6.07) is 0. The molecule has 0 aromatic heterocycles. The summed E-state index contributed by atoms with van der Waals surface area (Å²) >= 11 is 0. The number of nitrogens with two attached hydrogens (primary N) is 1. The molecule has 2 saturated carbocycles. The molecule has 3 aliphatic heterocycles. The van der Waals surface area contributed by atoms with Gasteiger partial charge in [0.25, 0.3) is 0 Å². The Labute approximate surface area is 224 Å². The molecule has 3 heterocycles. The zero-order chi connectivity index (χ0) is 26.9. The number of nitrogens with zero attached hydrogens (tertiary/aromatic N) is 2. The van der Waals surface area contributed by atoms with Gasteiger partial charge in [-0.25, -0.2) is 0 Å². The lowest BCUT2D eigenvalue weighted by Crippen LogP contribution is -2.63. The highest BCUT2D eigenvalue weighted by Gasteiger charge is 2.56. The van der Waals surface area contributed by atoms with Crippen molar-refractivity contribution in [3.63, 3.8) is 0 Å². The number of primary amides is 1. The van der Waals surface area contributed by atoms with E-state index in [4.69, 9.17) is 14.3 Å². The van der Waals surface area contributed by atoms with Gasteiger partial charge in [0.15, 0.2) is 0 Å². The molecule has 5 rings (SSSR count). The third kappa shape index (κ3) is 8.95. The molecule has 0 aromatic rings. The molecule has 8 nitrogen and oxygen atoms in total. The second-order valence-electron chi connectivity index (χ2n) is 12.5. The summed E-state index contributed by atoms with van der Waals surface area (Å²) in [6.07, 6.45) is 14.6. The van der Waals surface area contributed by atoms with Crippen LogP contribution in [0, 0.1) is 17.3 Å². The lowest BCUT2D eigenvalue weighted by molar-refractivity contribution is -0.159. The van der Waals surface area contributed by atoms with E-state index in [-0.39, 0.29) is 35.4 Å². The summed E-state index contributed by atoms with van der Waals surface area (Å²) in [5.41, 5.74) is 4.49. The van der Waals surface area contributed by atoms with Crippen molar-refractivity contribution in [3.8, 4) is 0 Å². The van der Waals surface area contributed by atoms with Crippen LogP contribution in [-0.2, 0) is 23.9 Å². The van der Waals surface area contributed by atoms with E-state index in [9.17, 15) is 9.59 Å². The zero-order valence-corrected chi connectivity index (χ0v) is 23.6. The molecular formula is C29H51N3O5. The summed E-state index contributed by atoms with van der Waals surface area (Å²) in [6.45, 7) is 11.7. The van der Waals surface area contributed by atoms with Gasteiger partial charge in [0, 0.05) is 32.2 Å². The van der Waals surface area contributed by atoms with Gasteiger partial charge in [-0.3, -0.25) is 14.4 Å². The van der Waals surface area contributed by atoms with E-state index in [1.54, 1.807) is 0 Å². The molecule has 2 atom stereocenters. The maximum Gasteiger partial charge on any atom is 0.226 e. The van der Waals surface area contributed by atoms with Gasteiger partial charge in [0.05, 0.1) is 25.6 Å². The molecule has 37 heavy (non-hydrogen) atoms. The minimum absolute atomic E-state index is 0.0642. The molecule has 2 aliphatic carbocycles. The quantitative estimate of drug-likeness (QED) is 0.534. The van der Waals surface area contributed by atoms with E-state index in [2.05, 4.69) is 19.6 Å². The number of carbonyl (C=O) groups excluding carboxylic acids is 3. The van der Waals surface area contributed by atoms with Gasteiger partial charge < -0.3 is 25.0 Å². The van der Waals surface area contributed by atoms with Gasteiger partial charge >= 0.3 is 0 Å². The number of rotatable bonds is 6. The van der Waals surface area contributed by atoms with Crippen molar-refractivity contribution in [3.05, 3.63) is 0 Å². The van der Waals surface area contributed by atoms with Gasteiger partial charge in [-0.2, -0.15) is 0 Å². The fraction of sp³-hybridized carbons (Fsp3) is 0.897. The fourth-order valence-electron chi connectivity index (χ4n) is 6.15. The first-order valence-corrected chi connectivity index (χ1v) is 14.7. The molecule has 0 radical (unpaired) electrons. The average Bonchev–Trinajstić information content (AvgIpc) is 3.26. The van der Waals surface area contributed by atoms with Crippen LogP contribution in [0.5, 0.6) is 0 Å². The number of likely N-dealkylation sites (tertiary alicyclic amines) is 2. The van der Waals surface area contributed by atoms with Crippen molar-refractivity contribution in [1.82, 2.24) is 9.80 Å². The molecule has 2 unspecified atom stereocenters. The van der Waals surface area contributed by atoms with E-state index < -0.39 is 0 Å². The summed E-state index contributed by atoms with van der Waals surface area (Å²) in [4.78, 5) is 36.7. The lowest BCUT2D eigenvalue weighted by atomic mass is 9.90. The number of hydrogen-bond donors (Lipinski definition) is 1. The van der Waals surface area contributed by atoms with Crippen LogP contribution < -0.4 is 5.73 Å². The van der Waals surface area contributed by atoms with Gasteiger partial charge in [0.2, 0.25) is 18.2 Å².